The Bertz CT molecular complexity index is 2120. The Hall–Kier alpha value is -5.20. The van der Waals surface area contributed by atoms with Gasteiger partial charge in [0.1, 0.15) is 21.9 Å². The van der Waals surface area contributed by atoms with Gasteiger partial charge in [-0.05, 0) is 79.5 Å². The number of carbonyl (C=O) groups excluding carboxylic acids is 2. The van der Waals surface area contributed by atoms with Gasteiger partial charge in [0.05, 0.1) is 35.0 Å². The minimum atomic E-state index is -0.437. The second kappa shape index (κ2) is 11.6. The summed E-state index contributed by atoms with van der Waals surface area (Å²) in [5.41, 5.74) is 4.51. The van der Waals surface area contributed by atoms with Crippen LogP contribution in [0.25, 0.3) is 21.1 Å². The molecule has 3 amide bonds. The summed E-state index contributed by atoms with van der Waals surface area (Å²) in [5, 5.41) is 11.8. The van der Waals surface area contributed by atoms with Crippen LogP contribution in [0.4, 0.5) is 32.1 Å². The van der Waals surface area contributed by atoms with Gasteiger partial charge in [0.15, 0.2) is 5.82 Å². The molecular weight excluding hydrogens is 603 g/mol. The fourth-order valence-electron chi connectivity index (χ4n) is 6.27. The van der Waals surface area contributed by atoms with E-state index in [1.54, 1.807) is 16.9 Å². The average Bonchev–Trinajstić information content (AvgIpc) is 3.64. The second-order valence-corrected chi connectivity index (χ2v) is 12.6. The zero-order valence-electron chi connectivity index (χ0n) is 24.7. The lowest BCUT2D eigenvalue weighted by Gasteiger charge is -2.27. The number of anilines is 4. The molecule has 10 nitrogen and oxygen atoms in total. The van der Waals surface area contributed by atoms with Gasteiger partial charge in [-0.2, -0.15) is 5.10 Å². The Kier molecular flexibility index (Phi) is 7.15. The molecule has 2 aliphatic rings. The van der Waals surface area contributed by atoms with E-state index in [1.165, 1.54) is 59.5 Å². The number of likely N-dealkylation sites (tertiary alicyclic amines) is 1. The number of thiophene rings is 1. The van der Waals surface area contributed by atoms with E-state index in [4.69, 9.17) is 0 Å². The first kappa shape index (κ1) is 28.3. The number of piperidine rings is 1. The highest BCUT2D eigenvalue weighted by atomic mass is 32.1. The van der Waals surface area contributed by atoms with Crippen LogP contribution in [0.15, 0.2) is 79.3 Å². The van der Waals surface area contributed by atoms with Gasteiger partial charge in [-0.1, -0.05) is 30.7 Å². The zero-order chi connectivity index (χ0) is 31.2. The van der Waals surface area contributed by atoms with E-state index in [0.29, 0.717) is 44.5 Å². The number of fused-ring (bicyclic) bond motifs is 1. The molecule has 1 fully saturated rings. The Balaban J connectivity index is 1.05. The van der Waals surface area contributed by atoms with E-state index in [9.17, 15) is 14.0 Å². The summed E-state index contributed by atoms with van der Waals surface area (Å²) in [6.45, 7) is 3.56. The quantitative estimate of drug-likeness (QED) is 0.194. The van der Waals surface area contributed by atoms with Crippen LogP contribution < -0.4 is 15.5 Å². The largest absolute Gasteiger partial charge is 0.332 e. The number of amides is 3. The van der Waals surface area contributed by atoms with Gasteiger partial charge in [-0.15, -0.1) is 11.3 Å². The van der Waals surface area contributed by atoms with E-state index in [-0.39, 0.29) is 11.7 Å². The summed E-state index contributed by atoms with van der Waals surface area (Å²) in [7, 11) is 0. The van der Waals surface area contributed by atoms with E-state index < -0.39 is 6.03 Å². The van der Waals surface area contributed by atoms with E-state index >= 15 is 0 Å². The number of hydrogen-bond acceptors (Lipinski definition) is 7. The molecule has 8 rings (SSSR count). The van der Waals surface area contributed by atoms with Gasteiger partial charge in [-0.3, -0.25) is 14.4 Å². The van der Waals surface area contributed by atoms with Crippen LogP contribution in [0.2, 0.25) is 0 Å². The molecule has 2 aliphatic heterocycles. The topological polar surface area (TPSA) is 108 Å². The molecule has 5 heterocycles. The molecule has 230 valence electrons. The molecule has 0 aliphatic carbocycles. The maximum absolute atomic E-state index is 13.7. The van der Waals surface area contributed by atoms with Crippen LogP contribution in [-0.4, -0.2) is 49.7 Å². The van der Waals surface area contributed by atoms with Gasteiger partial charge in [-0.25, -0.2) is 24.1 Å². The first-order valence-electron chi connectivity index (χ1n) is 15.2. The minimum absolute atomic E-state index is 0.297. The molecule has 3 aromatic heterocycles. The molecule has 1 saturated heterocycles. The van der Waals surface area contributed by atoms with E-state index in [0.717, 1.165) is 36.1 Å². The van der Waals surface area contributed by atoms with Crippen molar-refractivity contribution in [3.63, 3.8) is 0 Å². The highest BCUT2D eigenvalue weighted by molar-refractivity contribution is 7.21. The molecule has 0 bridgehead atoms. The van der Waals surface area contributed by atoms with Crippen molar-refractivity contribution in [1.82, 2.24) is 24.6 Å². The standard InChI is InChI=1S/C34H29FN8O2S/c35-24-6-4-5-22(15-24)19-42-27-12-11-26(16-23(27)17-38-42)43-31-28-29(40-34(43)45)30(46-33(28)37-20-36-31)32(44)39-25-9-7-21(8-10-25)18-41-13-2-1-3-14-41/h4-12,15-17,20H,1-3,13-14,18-19H2,(H,39,44)(H,40,45). The summed E-state index contributed by atoms with van der Waals surface area (Å²) < 4.78 is 15.5. The van der Waals surface area contributed by atoms with Crippen LogP contribution in [0.3, 0.4) is 0 Å². The zero-order valence-corrected chi connectivity index (χ0v) is 25.6. The first-order valence-corrected chi connectivity index (χ1v) is 16.0. The van der Waals surface area contributed by atoms with Crippen LogP contribution in [0.5, 0.6) is 0 Å². The Morgan fingerprint density at radius 3 is 2.63 bits per heavy atom. The second-order valence-electron chi connectivity index (χ2n) is 11.6. The monoisotopic (exact) mass is 632 g/mol. The van der Waals surface area contributed by atoms with Crippen molar-refractivity contribution in [3.05, 3.63) is 101 Å². The number of carbonyl (C=O) groups is 2. The summed E-state index contributed by atoms with van der Waals surface area (Å²) in [6, 6.07) is 19.5. The summed E-state index contributed by atoms with van der Waals surface area (Å²) in [4.78, 5) is 40.9. The number of urea groups is 1. The number of nitrogens with one attached hydrogen (secondary N) is 2. The highest BCUT2D eigenvalue weighted by Gasteiger charge is 2.34. The molecule has 46 heavy (non-hydrogen) atoms. The Morgan fingerprint density at radius 2 is 1.80 bits per heavy atom. The molecule has 2 N–H and O–H groups in total. The average molecular weight is 633 g/mol. The first-order chi connectivity index (χ1) is 22.5. The van der Waals surface area contributed by atoms with E-state index in [1.807, 2.05) is 48.5 Å². The number of hydrogen-bond donors (Lipinski definition) is 2. The van der Waals surface area contributed by atoms with Crippen LogP contribution in [-0.2, 0) is 13.1 Å². The van der Waals surface area contributed by atoms with Crippen molar-refractivity contribution in [3.8, 4) is 0 Å². The molecule has 6 aromatic rings. The third-order valence-corrected chi connectivity index (χ3v) is 9.59. The number of benzene rings is 3. The normalized spacial score (nSPS) is 15.0. The van der Waals surface area contributed by atoms with Gasteiger partial charge in [0, 0.05) is 17.6 Å². The molecule has 0 radical (unpaired) electrons. The van der Waals surface area contributed by atoms with E-state index in [2.05, 4.69) is 30.6 Å². The van der Waals surface area contributed by atoms with Crippen molar-refractivity contribution in [2.75, 3.05) is 28.6 Å². The molecule has 3 aromatic carbocycles. The van der Waals surface area contributed by atoms with Gasteiger partial charge < -0.3 is 10.6 Å². The van der Waals surface area contributed by atoms with Crippen molar-refractivity contribution in [2.24, 2.45) is 0 Å². The van der Waals surface area contributed by atoms with Crippen molar-refractivity contribution in [1.29, 1.82) is 0 Å². The number of halogens is 1. The van der Waals surface area contributed by atoms with Gasteiger partial charge >= 0.3 is 6.03 Å². The van der Waals surface area contributed by atoms with Crippen molar-refractivity contribution in [2.45, 2.75) is 32.4 Å². The van der Waals surface area contributed by atoms with Crippen LogP contribution in [0, 0.1) is 5.82 Å². The SMILES string of the molecule is O=C(Nc1ccc(CN2CCCCC2)cc1)c1sc2ncnc3c2c1NC(=O)N3c1ccc2c(cnn2Cc2cccc(F)c2)c1. The molecule has 0 unspecified atom stereocenters. The lowest BCUT2D eigenvalue weighted by Crippen LogP contribution is -2.35. The number of rotatable bonds is 7. The summed E-state index contributed by atoms with van der Waals surface area (Å²) >= 11 is 1.21. The van der Waals surface area contributed by atoms with Crippen LogP contribution in [0.1, 0.15) is 40.1 Å². The Morgan fingerprint density at radius 1 is 0.957 bits per heavy atom. The fraction of sp³-hybridized carbons (Fsp3) is 0.206. The highest BCUT2D eigenvalue weighted by Crippen LogP contribution is 2.45. The number of nitrogens with zero attached hydrogens (tertiary/aromatic N) is 6. The third kappa shape index (κ3) is 5.25. The maximum atomic E-state index is 13.7. The predicted octanol–water partition coefficient (Wildman–Crippen LogP) is 7.15. The van der Waals surface area contributed by atoms with Crippen molar-refractivity contribution >= 4 is 67.3 Å². The van der Waals surface area contributed by atoms with Crippen LogP contribution >= 0.6 is 11.3 Å². The third-order valence-electron chi connectivity index (χ3n) is 8.49. The summed E-state index contributed by atoms with van der Waals surface area (Å²) in [5.74, 6) is -0.226. The smallest absolute Gasteiger partial charge is 0.321 e. The lowest BCUT2D eigenvalue weighted by molar-refractivity contribution is 0.103. The van der Waals surface area contributed by atoms with Gasteiger partial charge in [0.2, 0.25) is 0 Å². The molecule has 0 spiro atoms. The molecule has 0 saturated carbocycles. The van der Waals surface area contributed by atoms with Gasteiger partial charge in [0.25, 0.3) is 5.91 Å². The Labute approximate surface area is 267 Å². The number of aromatic nitrogens is 4. The summed E-state index contributed by atoms with van der Waals surface area (Å²) in [6.07, 6.45) is 6.91. The minimum Gasteiger partial charge on any atom is -0.321 e. The fourth-order valence-corrected chi connectivity index (χ4v) is 7.26. The maximum Gasteiger partial charge on any atom is 0.332 e. The molecular formula is C34H29FN8O2S. The van der Waals surface area contributed by atoms with Crippen molar-refractivity contribution < 1.29 is 14.0 Å². The molecule has 0 atom stereocenters. The molecule has 12 heteroatoms. The predicted molar refractivity (Wildman–Crippen MR) is 177 cm³/mol. The lowest BCUT2D eigenvalue weighted by atomic mass is 10.1.